The molecule has 2 aromatic rings. The molecular formula is C14H9ClN2O. The average Bonchev–Trinajstić information content (AvgIpc) is 2.40. The Bertz CT molecular complexity index is 627. The van der Waals surface area contributed by atoms with Crippen molar-refractivity contribution in [3.63, 3.8) is 0 Å². The van der Waals surface area contributed by atoms with Crippen molar-refractivity contribution in [1.29, 1.82) is 5.26 Å². The molecule has 2 rings (SSSR count). The van der Waals surface area contributed by atoms with Crippen LogP contribution in [-0.4, -0.2) is 11.3 Å². The number of phenols is 1. The van der Waals surface area contributed by atoms with Gasteiger partial charge in [0.2, 0.25) is 0 Å². The number of aromatic hydroxyl groups is 1. The first-order valence-corrected chi connectivity index (χ1v) is 5.59. The quantitative estimate of drug-likeness (QED) is 0.834. The van der Waals surface area contributed by atoms with Crippen molar-refractivity contribution in [3.8, 4) is 11.8 Å². The summed E-state index contributed by atoms with van der Waals surface area (Å²) in [7, 11) is 0. The molecule has 0 saturated carbocycles. The molecule has 0 heterocycles. The van der Waals surface area contributed by atoms with Gasteiger partial charge in [0.25, 0.3) is 0 Å². The van der Waals surface area contributed by atoms with Crippen LogP contribution < -0.4 is 0 Å². The molecule has 4 heteroatoms. The summed E-state index contributed by atoms with van der Waals surface area (Å²) in [5.41, 5.74) is 1.83. The lowest BCUT2D eigenvalue weighted by Crippen LogP contribution is -1.82. The molecule has 18 heavy (non-hydrogen) atoms. The largest absolute Gasteiger partial charge is 0.507 e. The number of phenolic OH excluding ortho intramolecular Hbond substituents is 1. The Balaban J connectivity index is 2.24. The van der Waals surface area contributed by atoms with E-state index in [9.17, 15) is 5.11 Å². The smallest absolute Gasteiger partial charge is 0.124 e. The Morgan fingerprint density at radius 1 is 1.17 bits per heavy atom. The summed E-state index contributed by atoms with van der Waals surface area (Å²) < 4.78 is 0. The minimum atomic E-state index is 0.122. The molecule has 0 amide bonds. The first kappa shape index (κ1) is 12.2. The summed E-state index contributed by atoms with van der Waals surface area (Å²) >= 11 is 5.83. The first-order valence-electron chi connectivity index (χ1n) is 5.22. The molecule has 0 bridgehead atoms. The van der Waals surface area contributed by atoms with Gasteiger partial charge in [-0.3, -0.25) is 4.99 Å². The summed E-state index contributed by atoms with van der Waals surface area (Å²) in [6.45, 7) is 0. The van der Waals surface area contributed by atoms with Crippen LogP contribution in [0, 0.1) is 11.3 Å². The van der Waals surface area contributed by atoms with Gasteiger partial charge in [0.1, 0.15) is 5.75 Å². The van der Waals surface area contributed by atoms with Gasteiger partial charge in [-0.2, -0.15) is 5.26 Å². The van der Waals surface area contributed by atoms with Crippen molar-refractivity contribution in [2.24, 2.45) is 4.99 Å². The molecule has 0 spiro atoms. The number of nitriles is 1. The fourth-order valence-corrected chi connectivity index (χ4v) is 1.58. The normalized spacial score (nSPS) is 10.4. The molecule has 0 aromatic heterocycles. The highest BCUT2D eigenvalue weighted by molar-refractivity contribution is 6.30. The van der Waals surface area contributed by atoms with Gasteiger partial charge in [0.05, 0.1) is 17.3 Å². The lowest BCUT2D eigenvalue weighted by molar-refractivity contribution is 0.474. The molecule has 0 radical (unpaired) electrons. The molecule has 2 aromatic carbocycles. The van der Waals surface area contributed by atoms with E-state index in [2.05, 4.69) is 4.99 Å². The zero-order chi connectivity index (χ0) is 13.0. The van der Waals surface area contributed by atoms with E-state index in [1.807, 2.05) is 6.07 Å². The predicted molar refractivity (Wildman–Crippen MR) is 71.5 cm³/mol. The Labute approximate surface area is 110 Å². The van der Waals surface area contributed by atoms with Crippen molar-refractivity contribution in [2.75, 3.05) is 0 Å². The van der Waals surface area contributed by atoms with E-state index in [0.717, 1.165) is 0 Å². The second-order valence-corrected chi connectivity index (χ2v) is 4.06. The number of rotatable bonds is 2. The fraction of sp³-hybridized carbons (Fsp3) is 0. The van der Waals surface area contributed by atoms with Gasteiger partial charge in [-0.15, -0.1) is 0 Å². The number of halogens is 1. The molecule has 0 fully saturated rings. The van der Waals surface area contributed by atoms with Crippen LogP contribution in [0.2, 0.25) is 5.02 Å². The summed E-state index contributed by atoms with van der Waals surface area (Å²) in [6, 6.07) is 13.6. The fourth-order valence-electron chi connectivity index (χ4n) is 1.39. The molecule has 88 valence electrons. The molecule has 0 unspecified atom stereocenters. The van der Waals surface area contributed by atoms with E-state index in [1.165, 1.54) is 12.3 Å². The van der Waals surface area contributed by atoms with Gasteiger partial charge >= 0.3 is 0 Å². The van der Waals surface area contributed by atoms with E-state index in [0.29, 0.717) is 21.8 Å². The minimum absolute atomic E-state index is 0.122. The Kier molecular flexibility index (Phi) is 3.61. The number of benzene rings is 2. The van der Waals surface area contributed by atoms with Crippen molar-refractivity contribution in [3.05, 3.63) is 58.6 Å². The van der Waals surface area contributed by atoms with Crippen LogP contribution in [0.15, 0.2) is 47.5 Å². The second kappa shape index (κ2) is 5.35. The van der Waals surface area contributed by atoms with Crippen molar-refractivity contribution in [1.82, 2.24) is 0 Å². The predicted octanol–water partition coefficient (Wildman–Crippen LogP) is 3.67. The van der Waals surface area contributed by atoms with E-state index >= 15 is 0 Å². The van der Waals surface area contributed by atoms with Crippen LogP contribution in [0.3, 0.4) is 0 Å². The summed E-state index contributed by atoms with van der Waals surface area (Å²) in [5.74, 6) is 0.122. The Morgan fingerprint density at radius 3 is 2.56 bits per heavy atom. The zero-order valence-corrected chi connectivity index (χ0v) is 10.1. The highest BCUT2D eigenvalue weighted by atomic mass is 35.5. The maximum absolute atomic E-state index is 9.60. The number of nitrogens with zero attached hydrogens (tertiary/aromatic N) is 2. The van der Waals surface area contributed by atoms with Crippen LogP contribution >= 0.6 is 11.6 Å². The number of hydrogen-bond donors (Lipinski definition) is 1. The molecule has 0 saturated heterocycles. The SMILES string of the molecule is N#Cc1ccc(N=Cc2cc(Cl)ccc2O)cc1. The number of aliphatic imine (C=N–C) groups is 1. The van der Waals surface area contributed by atoms with Crippen LogP contribution in [0.4, 0.5) is 5.69 Å². The van der Waals surface area contributed by atoms with Crippen LogP contribution in [0.5, 0.6) is 5.75 Å². The van der Waals surface area contributed by atoms with Crippen LogP contribution in [-0.2, 0) is 0 Å². The third-order valence-electron chi connectivity index (χ3n) is 2.34. The maximum Gasteiger partial charge on any atom is 0.124 e. The third kappa shape index (κ3) is 2.88. The lowest BCUT2D eigenvalue weighted by Gasteiger charge is -1.99. The second-order valence-electron chi connectivity index (χ2n) is 3.62. The highest BCUT2D eigenvalue weighted by Crippen LogP contribution is 2.21. The minimum Gasteiger partial charge on any atom is -0.507 e. The lowest BCUT2D eigenvalue weighted by atomic mass is 10.2. The molecule has 0 atom stereocenters. The van der Waals surface area contributed by atoms with Crippen molar-refractivity contribution < 1.29 is 5.11 Å². The average molecular weight is 257 g/mol. The summed E-state index contributed by atoms with van der Waals surface area (Å²) in [5, 5.41) is 18.8. The maximum atomic E-state index is 9.60. The molecular weight excluding hydrogens is 248 g/mol. The van der Waals surface area contributed by atoms with E-state index in [1.54, 1.807) is 36.4 Å². The first-order chi connectivity index (χ1) is 8.69. The Hall–Kier alpha value is -2.31. The molecule has 0 aliphatic rings. The summed E-state index contributed by atoms with van der Waals surface area (Å²) in [6.07, 6.45) is 1.53. The van der Waals surface area contributed by atoms with Gasteiger partial charge in [0.15, 0.2) is 0 Å². The standard InChI is InChI=1S/C14H9ClN2O/c15-12-3-6-14(18)11(7-12)9-17-13-4-1-10(8-16)2-5-13/h1-7,9,18H. The van der Waals surface area contributed by atoms with Crippen LogP contribution in [0.1, 0.15) is 11.1 Å². The van der Waals surface area contributed by atoms with E-state index in [4.69, 9.17) is 16.9 Å². The zero-order valence-electron chi connectivity index (χ0n) is 9.34. The van der Waals surface area contributed by atoms with Crippen molar-refractivity contribution >= 4 is 23.5 Å². The number of hydrogen-bond acceptors (Lipinski definition) is 3. The van der Waals surface area contributed by atoms with Crippen LogP contribution in [0.25, 0.3) is 0 Å². The monoisotopic (exact) mass is 256 g/mol. The Morgan fingerprint density at radius 2 is 1.89 bits per heavy atom. The molecule has 0 aliphatic carbocycles. The van der Waals surface area contributed by atoms with Gasteiger partial charge < -0.3 is 5.11 Å². The van der Waals surface area contributed by atoms with E-state index in [-0.39, 0.29) is 5.75 Å². The molecule has 0 aliphatic heterocycles. The van der Waals surface area contributed by atoms with Crippen molar-refractivity contribution in [2.45, 2.75) is 0 Å². The van der Waals surface area contributed by atoms with Gasteiger partial charge in [-0.1, -0.05) is 11.6 Å². The van der Waals surface area contributed by atoms with Gasteiger partial charge in [-0.25, -0.2) is 0 Å². The molecule has 1 N–H and O–H groups in total. The van der Waals surface area contributed by atoms with Gasteiger partial charge in [0, 0.05) is 16.8 Å². The highest BCUT2D eigenvalue weighted by Gasteiger charge is 1.99. The topological polar surface area (TPSA) is 56.4 Å². The summed E-state index contributed by atoms with van der Waals surface area (Å²) in [4.78, 5) is 4.20. The van der Waals surface area contributed by atoms with Gasteiger partial charge in [-0.05, 0) is 42.5 Å². The molecule has 3 nitrogen and oxygen atoms in total. The van der Waals surface area contributed by atoms with E-state index < -0.39 is 0 Å². The third-order valence-corrected chi connectivity index (χ3v) is 2.57.